The van der Waals surface area contributed by atoms with Gasteiger partial charge in [-0.3, -0.25) is 6.79 Å². The Morgan fingerprint density at radius 2 is 0.743 bits per heavy atom. The van der Waals surface area contributed by atoms with Gasteiger partial charge in [-0.15, -0.1) is 0 Å². The minimum absolute atomic E-state index is 0.758. The number of hydrogen-bond donors (Lipinski definition) is 1. The summed E-state index contributed by atoms with van der Waals surface area (Å²) >= 11 is 1.62. The molecule has 0 saturated carbocycles. The SMILES string of the molecule is [CH-]=O.[Cl][RuH].c1ccc([PH+](CCNCC[PH+](c2ccccc2)c2ccccc2)c2ccccc2)cc1. The summed E-state index contributed by atoms with van der Waals surface area (Å²) in [6.07, 6.45) is 2.41. The molecule has 2 nitrogen and oxygen atoms in total. The van der Waals surface area contributed by atoms with Crippen LogP contribution in [0.25, 0.3) is 0 Å². The van der Waals surface area contributed by atoms with Crippen LogP contribution in [0.2, 0.25) is 0 Å². The number of nitrogens with one attached hydrogen (secondary N) is 1. The van der Waals surface area contributed by atoms with Gasteiger partial charge >= 0.3 is 27.0 Å². The Bertz CT molecular complexity index is 879. The first kappa shape index (κ1) is 29.5. The predicted octanol–water partition coefficient (Wildman–Crippen LogP) is 4.45. The maximum absolute atomic E-state index is 7.75. The van der Waals surface area contributed by atoms with Crippen LogP contribution in [0, 0.1) is 0 Å². The monoisotopic (exact) mass is 610 g/mol. The molecule has 184 valence electrons. The van der Waals surface area contributed by atoms with Crippen molar-refractivity contribution in [3.8, 4) is 0 Å². The number of benzene rings is 4. The summed E-state index contributed by atoms with van der Waals surface area (Å²) in [4.78, 5) is 7.75. The van der Waals surface area contributed by atoms with Crippen molar-refractivity contribution < 1.29 is 22.1 Å². The zero-order valence-corrected chi connectivity index (χ0v) is 24.2. The Kier molecular flexibility index (Phi) is 15.6. The summed E-state index contributed by atoms with van der Waals surface area (Å²) in [5.41, 5.74) is 0. The summed E-state index contributed by atoms with van der Waals surface area (Å²) in [6, 6.07) is 44.2. The van der Waals surface area contributed by atoms with Gasteiger partial charge in [-0.2, -0.15) is 0 Å². The number of carbonyl (C=O) groups excluding carboxylic acids is 1. The first-order valence-corrected chi connectivity index (χ1v) is 17.2. The molecule has 0 atom stereocenters. The molecule has 35 heavy (non-hydrogen) atoms. The smallest absolute Gasteiger partial charge is 0.0967 e. The van der Waals surface area contributed by atoms with Gasteiger partial charge in [0.05, 0.1) is 49.4 Å². The van der Waals surface area contributed by atoms with Gasteiger partial charge in [0.1, 0.15) is 0 Å². The Morgan fingerprint density at radius 3 is 0.971 bits per heavy atom. The van der Waals surface area contributed by atoms with E-state index in [9.17, 15) is 0 Å². The van der Waals surface area contributed by atoms with Crippen LogP contribution in [0.3, 0.4) is 0 Å². The molecule has 0 radical (unpaired) electrons. The molecule has 0 aliphatic heterocycles. The van der Waals surface area contributed by atoms with Crippen LogP contribution in [-0.4, -0.2) is 32.2 Å². The van der Waals surface area contributed by atoms with Gasteiger partial charge in [0, 0.05) is 13.1 Å². The molecule has 4 rings (SSSR count). The molecule has 4 aromatic carbocycles. The van der Waals surface area contributed by atoms with Gasteiger partial charge in [0.15, 0.2) is 0 Å². The van der Waals surface area contributed by atoms with Gasteiger partial charge in [-0.25, -0.2) is 0 Å². The Hall–Kier alpha value is -1.72. The second-order valence-corrected chi connectivity index (χ2v) is 12.9. The maximum atomic E-state index is 7.75. The Morgan fingerprint density at radius 1 is 0.514 bits per heavy atom. The molecule has 4 aromatic rings. The third-order valence-corrected chi connectivity index (χ3v) is 11.2. The molecule has 0 fully saturated rings. The normalized spacial score (nSPS) is 10.2. The third kappa shape index (κ3) is 10.0. The van der Waals surface area contributed by atoms with E-state index in [0.29, 0.717) is 0 Å². The van der Waals surface area contributed by atoms with E-state index in [1.54, 1.807) is 17.3 Å². The molecule has 0 spiro atoms. The molecular weight excluding hydrogens is 577 g/mol. The molecule has 6 heteroatoms. The largest absolute Gasteiger partial charge is 0.310 e. The van der Waals surface area contributed by atoms with Crippen molar-refractivity contribution >= 4 is 53.5 Å². The zero-order valence-electron chi connectivity index (χ0n) is 19.6. The van der Waals surface area contributed by atoms with Crippen LogP contribution in [0.4, 0.5) is 0 Å². The fraction of sp³-hybridized carbons (Fsp3) is 0.138. The van der Waals surface area contributed by atoms with E-state index < -0.39 is 15.8 Å². The van der Waals surface area contributed by atoms with E-state index in [0.717, 1.165) is 13.1 Å². The van der Waals surface area contributed by atoms with Crippen molar-refractivity contribution in [3.05, 3.63) is 121 Å². The van der Waals surface area contributed by atoms with Gasteiger partial charge < -0.3 is 10.1 Å². The first-order chi connectivity index (χ1) is 17.4. The number of rotatable bonds is 10. The predicted molar refractivity (Wildman–Crippen MR) is 158 cm³/mol. The van der Waals surface area contributed by atoms with Crippen LogP contribution < -0.4 is 26.5 Å². The fourth-order valence-corrected chi connectivity index (χ4v) is 9.07. The fourth-order valence-electron chi connectivity index (χ4n) is 4.02. The molecule has 0 heterocycles. The minimum atomic E-state index is -0.758. The van der Waals surface area contributed by atoms with E-state index in [1.165, 1.54) is 33.5 Å². The van der Waals surface area contributed by atoms with Gasteiger partial charge in [0.2, 0.25) is 0 Å². The maximum Gasteiger partial charge on any atom is 0.0967 e. The van der Waals surface area contributed by atoms with Crippen LogP contribution in [-0.2, 0) is 22.1 Å². The average Bonchev–Trinajstić information content (AvgIpc) is 2.97. The van der Waals surface area contributed by atoms with Crippen molar-refractivity contribution in [2.24, 2.45) is 0 Å². The molecule has 0 bridgehead atoms. The molecule has 0 amide bonds. The molecule has 1 N–H and O–H groups in total. The van der Waals surface area contributed by atoms with E-state index in [-0.39, 0.29) is 0 Å². The summed E-state index contributed by atoms with van der Waals surface area (Å²) in [5.74, 6) is 0. The topological polar surface area (TPSA) is 29.1 Å². The minimum Gasteiger partial charge on any atom is -0.310 e. The molecule has 0 saturated heterocycles. The van der Waals surface area contributed by atoms with Crippen molar-refractivity contribution in [2.45, 2.75) is 0 Å². The van der Waals surface area contributed by atoms with Crippen molar-refractivity contribution in [3.63, 3.8) is 0 Å². The second kappa shape index (κ2) is 18.5. The quantitative estimate of drug-likeness (QED) is 0.0947. The van der Waals surface area contributed by atoms with Crippen molar-refractivity contribution in [1.82, 2.24) is 5.32 Å². The average molecular weight is 610 g/mol. The van der Waals surface area contributed by atoms with E-state index in [2.05, 4.69) is 143 Å². The van der Waals surface area contributed by atoms with Gasteiger partial charge in [0.25, 0.3) is 0 Å². The molecule has 0 aromatic heterocycles. The van der Waals surface area contributed by atoms with Crippen molar-refractivity contribution in [2.75, 3.05) is 25.4 Å². The molecule has 0 unspecified atom stereocenters. The second-order valence-electron chi connectivity index (χ2n) is 7.67. The van der Waals surface area contributed by atoms with Crippen molar-refractivity contribution in [1.29, 1.82) is 0 Å². The number of hydrogen-bond acceptors (Lipinski definition) is 2. The van der Waals surface area contributed by atoms with Crippen LogP contribution in [0.1, 0.15) is 0 Å². The van der Waals surface area contributed by atoms with Crippen LogP contribution >= 0.6 is 25.5 Å². The van der Waals surface area contributed by atoms with E-state index in [4.69, 9.17) is 4.79 Å². The van der Waals surface area contributed by atoms with Crippen LogP contribution in [0.5, 0.6) is 0 Å². The summed E-state index contributed by atoms with van der Waals surface area (Å²) in [6.45, 7) is 5.38. The zero-order chi connectivity index (χ0) is 25.1. The van der Waals surface area contributed by atoms with E-state index >= 15 is 0 Å². The number of halogens is 1. The Balaban J connectivity index is 0.00000103. The molecular formula is C29H33ClNOP2Ru+. The molecule has 0 aliphatic carbocycles. The molecule has 0 aliphatic rings. The summed E-state index contributed by atoms with van der Waals surface area (Å²) < 4.78 is 0. The van der Waals surface area contributed by atoms with Crippen LogP contribution in [0.15, 0.2) is 121 Å². The Labute approximate surface area is 226 Å². The van der Waals surface area contributed by atoms with Gasteiger partial charge in [-0.1, -0.05) is 72.8 Å². The third-order valence-electron chi connectivity index (χ3n) is 5.59. The first-order valence-electron chi connectivity index (χ1n) is 11.4. The van der Waals surface area contributed by atoms with Gasteiger partial charge in [-0.05, 0) is 48.5 Å². The van der Waals surface area contributed by atoms with E-state index in [1.807, 2.05) is 0 Å². The standard InChI is InChI=1S/C28H29NP2.CHO.ClH.Ru.H/c1-5-13-25(14-6-1)30(26-15-7-2-8-16-26)23-21-29-22-24-31(27-17-9-3-10-18-27)28-19-11-4-12-20-28;1-2;;;/h1-20,29H,21-24H2;1H;1H;;/q;-1;;+1;/p+1. The summed E-state index contributed by atoms with van der Waals surface area (Å²) in [7, 11) is 3.09. The summed E-state index contributed by atoms with van der Waals surface area (Å²) in [5, 5.41) is 9.77.